The molecule has 0 radical (unpaired) electrons. The summed E-state index contributed by atoms with van der Waals surface area (Å²) in [6, 6.07) is 4.37. The highest BCUT2D eigenvalue weighted by Crippen LogP contribution is 2.26. The molecule has 0 heterocycles. The lowest BCUT2D eigenvalue weighted by Gasteiger charge is -2.23. The van der Waals surface area contributed by atoms with Crippen LogP contribution in [0.15, 0.2) is 18.2 Å². The number of halogens is 3. The summed E-state index contributed by atoms with van der Waals surface area (Å²) < 4.78 is 26.5. The largest absolute Gasteiger partial charge is 0.204 e. The van der Waals surface area contributed by atoms with Gasteiger partial charge in [-0.25, -0.2) is 8.78 Å². The lowest BCUT2D eigenvalue weighted by molar-refractivity contribution is 0.375. The maximum atomic E-state index is 13.5. The minimum Gasteiger partial charge on any atom is -0.204 e. The monoisotopic (exact) mass is 290 g/mol. The van der Waals surface area contributed by atoms with E-state index < -0.39 is 11.6 Å². The van der Waals surface area contributed by atoms with Gasteiger partial charge < -0.3 is 0 Å². The van der Waals surface area contributed by atoms with Gasteiger partial charge in [-0.2, -0.15) is 0 Å². The Kier molecular flexibility index (Phi) is 4.90. The summed E-state index contributed by atoms with van der Waals surface area (Å²) in [7, 11) is 0. The molecule has 0 amide bonds. The van der Waals surface area contributed by atoms with Crippen LogP contribution in [-0.4, -0.2) is 4.83 Å². The molecule has 3 heteroatoms. The zero-order valence-electron chi connectivity index (χ0n) is 9.81. The molecule has 0 bridgehead atoms. The van der Waals surface area contributed by atoms with Crippen LogP contribution in [0.4, 0.5) is 8.78 Å². The molecule has 0 aliphatic carbocycles. The smallest absolute Gasteiger partial charge is 0.162 e. The van der Waals surface area contributed by atoms with Crippen molar-refractivity contribution in [2.45, 2.75) is 32.0 Å². The Balaban J connectivity index is 2.90. The van der Waals surface area contributed by atoms with Crippen molar-refractivity contribution in [2.75, 3.05) is 0 Å². The van der Waals surface area contributed by atoms with E-state index in [4.69, 9.17) is 0 Å². The fourth-order valence-corrected chi connectivity index (χ4v) is 2.69. The Morgan fingerprint density at radius 3 is 2.31 bits per heavy atom. The summed E-state index contributed by atoms with van der Waals surface area (Å²) in [6.07, 6.45) is 0.563. The predicted octanol–water partition coefficient (Wildman–Crippen LogP) is 4.56. The molecule has 16 heavy (non-hydrogen) atoms. The van der Waals surface area contributed by atoms with Crippen LogP contribution in [0.2, 0.25) is 0 Å². The average molecular weight is 291 g/mol. The molecule has 0 N–H and O–H groups in total. The molecule has 1 rings (SSSR count). The van der Waals surface area contributed by atoms with Crippen molar-refractivity contribution >= 4 is 15.9 Å². The summed E-state index contributed by atoms with van der Waals surface area (Å²) in [6.45, 7) is 6.24. The van der Waals surface area contributed by atoms with Crippen LogP contribution in [0.25, 0.3) is 0 Å². The summed E-state index contributed by atoms with van der Waals surface area (Å²) in [5, 5.41) is 0. The van der Waals surface area contributed by atoms with E-state index in [2.05, 4.69) is 29.8 Å². The molecule has 2 atom stereocenters. The maximum absolute atomic E-state index is 13.5. The summed E-state index contributed by atoms with van der Waals surface area (Å²) in [5.41, 5.74) is 0.463. The molecular weight excluding hydrogens is 274 g/mol. The number of benzene rings is 1. The van der Waals surface area contributed by atoms with Gasteiger partial charge in [0.05, 0.1) is 0 Å². The SMILES string of the molecule is CC(C)C(Cc1cccc(F)c1F)C(C)Br. The normalized spacial score (nSPS) is 15.2. The quantitative estimate of drug-likeness (QED) is 0.713. The molecule has 90 valence electrons. The second-order valence-corrected chi connectivity index (χ2v) is 5.95. The molecule has 0 nitrogen and oxygen atoms in total. The zero-order valence-corrected chi connectivity index (χ0v) is 11.4. The molecule has 0 fully saturated rings. The van der Waals surface area contributed by atoms with Crippen molar-refractivity contribution in [1.29, 1.82) is 0 Å². The van der Waals surface area contributed by atoms with E-state index in [1.807, 2.05) is 6.92 Å². The number of alkyl halides is 1. The summed E-state index contributed by atoms with van der Waals surface area (Å²) in [4.78, 5) is 0.287. The van der Waals surface area contributed by atoms with E-state index in [1.54, 1.807) is 12.1 Å². The number of hydrogen-bond acceptors (Lipinski definition) is 0. The third-order valence-electron chi connectivity index (χ3n) is 2.93. The minimum absolute atomic E-state index is 0.287. The third-order valence-corrected chi connectivity index (χ3v) is 3.61. The summed E-state index contributed by atoms with van der Waals surface area (Å²) in [5.74, 6) is -0.739. The predicted molar refractivity (Wildman–Crippen MR) is 66.8 cm³/mol. The second-order valence-electron chi connectivity index (χ2n) is 4.50. The molecule has 2 unspecified atom stereocenters. The average Bonchev–Trinajstić information content (AvgIpc) is 2.19. The Bertz CT molecular complexity index is 340. The Morgan fingerprint density at radius 1 is 1.19 bits per heavy atom. The van der Waals surface area contributed by atoms with Gasteiger partial charge in [0, 0.05) is 4.83 Å². The Labute approximate surface area is 104 Å². The molecule has 1 aromatic rings. The van der Waals surface area contributed by atoms with Crippen molar-refractivity contribution in [1.82, 2.24) is 0 Å². The first-order valence-corrected chi connectivity index (χ1v) is 6.42. The maximum Gasteiger partial charge on any atom is 0.162 e. The topological polar surface area (TPSA) is 0 Å². The van der Waals surface area contributed by atoms with Crippen molar-refractivity contribution in [3.8, 4) is 0 Å². The number of hydrogen-bond donors (Lipinski definition) is 0. The van der Waals surface area contributed by atoms with E-state index in [0.29, 0.717) is 23.8 Å². The Hall–Kier alpha value is -0.440. The van der Waals surface area contributed by atoms with Gasteiger partial charge in [-0.3, -0.25) is 0 Å². The van der Waals surface area contributed by atoms with Gasteiger partial charge >= 0.3 is 0 Å². The van der Waals surface area contributed by atoms with Crippen molar-refractivity contribution in [3.63, 3.8) is 0 Å². The second kappa shape index (κ2) is 5.76. The highest BCUT2D eigenvalue weighted by atomic mass is 79.9. The molecule has 0 aromatic heterocycles. The fourth-order valence-electron chi connectivity index (χ4n) is 1.89. The highest BCUT2D eigenvalue weighted by Gasteiger charge is 2.21. The first-order valence-electron chi connectivity index (χ1n) is 5.50. The van der Waals surface area contributed by atoms with Crippen LogP contribution in [0.5, 0.6) is 0 Å². The van der Waals surface area contributed by atoms with Gasteiger partial charge in [0.15, 0.2) is 11.6 Å². The third kappa shape index (κ3) is 3.27. The van der Waals surface area contributed by atoms with Crippen LogP contribution >= 0.6 is 15.9 Å². The van der Waals surface area contributed by atoms with Gasteiger partial charge in [-0.1, -0.05) is 48.8 Å². The van der Waals surface area contributed by atoms with Gasteiger partial charge in [0.25, 0.3) is 0 Å². The van der Waals surface area contributed by atoms with Crippen LogP contribution in [0.1, 0.15) is 26.3 Å². The molecule has 0 spiro atoms. The zero-order chi connectivity index (χ0) is 12.3. The number of rotatable bonds is 4. The fraction of sp³-hybridized carbons (Fsp3) is 0.538. The van der Waals surface area contributed by atoms with Gasteiger partial charge in [0.1, 0.15) is 0 Å². The lowest BCUT2D eigenvalue weighted by Crippen LogP contribution is -2.21. The molecule has 0 saturated heterocycles. The lowest BCUT2D eigenvalue weighted by atomic mass is 9.87. The van der Waals surface area contributed by atoms with Gasteiger partial charge in [0.2, 0.25) is 0 Å². The van der Waals surface area contributed by atoms with E-state index in [9.17, 15) is 8.78 Å². The van der Waals surface area contributed by atoms with E-state index >= 15 is 0 Å². The van der Waals surface area contributed by atoms with Crippen molar-refractivity contribution in [2.24, 2.45) is 11.8 Å². The molecule has 0 aliphatic rings. The minimum atomic E-state index is -0.762. The highest BCUT2D eigenvalue weighted by molar-refractivity contribution is 9.09. The molecule has 0 aliphatic heterocycles. The first kappa shape index (κ1) is 13.6. The van der Waals surface area contributed by atoms with Gasteiger partial charge in [-0.05, 0) is 29.9 Å². The van der Waals surface area contributed by atoms with E-state index in [1.165, 1.54) is 0 Å². The van der Waals surface area contributed by atoms with Crippen LogP contribution in [0, 0.1) is 23.5 Å². The molecular formula is C13H17BrF2. The van der Waals surface area contributed by atoms with Crippen molar-refractivity contribution < 1.29 is 8.78 Å². The first-order chi connectivity index (χ1) is 7.43. The van der Waals surface area contributed by atoms with Gasteiger partial charge in [-0.15, -0.1) is 0 Å². The molecule has 1 aromatic carbocycles. The van der Waals surface area contributed by atoms with E-state index in [-0.39, 0.29) is 4.83 Å². The molecule has 0 saturated carbocycles. The van der Waals surface area contributed by atoms with Crippen LogP contribution < -0.4 is 0 Å². The van der Waals surface area contributed by atoms with E-state index in [0.717, 1.165) is 6.07 Å². The standard InChI is InChI=1S/C13H17BrF2/c1-8(2)11(9(3)14)7-10-5-4-6-12(15)13(10)16/h4-6,8-9,11H,7H2,1-3H3. The van der Waals surface area contributed by atoms with Crippen LogP contribution in [-0.2, 0) is 6.42 Å². The van der Waals surface area contributed by atoms with Crippen molar-refractivity contribution in [3.05, 3.63) is 35.4 Å². The van der Waals surface area contributed by atoms with Crippen LogP contribution in [0.3, 0.4) is 0 Å². The summed E-state index contributed by atoms with van der Waals surface area (Å²) >= 11 is 3.53. The Morgan fingerprint density at radius 2 is 1.81 bits per heavy atom.